The number of halogens is 4. The number of anilines is 3. The number of aryl methyl sites for hydroxylation is 1. The number of ether oxygens (including phenoxy) is 1. The summed E-state index contributed by atoms with van der Waals surface area (Å²) in [6.07, 6.45) is -3.98. The van der Waals surface area contributed by atoms with E-state index in [1.165, 1.54) is 24.3 Å². The molecule has 0 amide bonds. The number of nitrogens with one attached hydrogen (secondary N) is 2. The number of aromatic nitrogens is 2. The van der Waals surface area contributed by atoms with Gasteiger partial charge in [0.15, 0.2) is 0 Å². The summed E-state index contributed by atoms with van der Waals surface area (Å²) in [4.78, 5) is 8.84. The van der Waals surface area contributed by atoms with E-state index in [-0.39, 0.29) is 17.6 Å². The van der Waals surface area contributed by atoms with Crippen LogP contribution in [0.3, 0.4) is 0 Å². The summed E-state index contributed by atoms with van der Waals surface area (Å²) in [6.45, 7) is 5.61. The van der Waals surface area contributed by atoms with E-state index in [4.69, 9.17) is 0 Å². The first-order chi connectivity index (χ1) is 14.6. The molecule has 5 nitrogen and oxygen atoms in total. The number of hydrogen-bond acceptors (Lipinski definition) is 5. The Balaban J connectivity index is 1.99. The Kier molecular flexibility index (Phi) is 6.62. The Morgan fingerprint density at radius 3 is 2.52 bits per heavy atom. The summed E-state index contributed by atoms with van der Waals surface area (Å²) in [7, 11) is 0. The Hall–Kier alpha value is -3.36. The lowest BCUT2D eigenvalue weighted by molar-refractivity contribution is -0.274. The molecule has 0 spiro atoms. The molecule has 9 heteroatoms. The van der Waals surface area contributed by atoms with Gasteiger partial charge < -0.3 is 15.4 Å². The van der Waals surface area contributed by atoms with E-state index in [2.05, 4.69) is 25.3 Å². The molecule has 2 aromatic carbocycles. The summed E-state index contributed by atoms with van der Waals surface area (Å²) in [6, 6.07) is 11.9. The molecule has 0 aliphatic heterocycles. The highest BCUT2D eigenvalue weighted by atomic mass is 19.4. The molecule has 1 heterocycles. The van der Waals surface area contributed by atoms with Crippen molar-refractivity contribution in [2.45, 2.75) is 39.6 Å². The second-order valence-corrected chi connectivity index (χ2v) is 7.08. The predicted molar refractivity (Wildman–Crippen MR) is 112 cm³/mol. The van der Waals surface area contributed by atoms with E-state index >= 15 is 0 Å². The topological polar surface area (TPSA) is 59.1 Å². The normalized spacial score (nSPS) is 12.4. The van der Waals surface area contributed by atoms with Crippen molar-refractivity contribution in [3.8, 4) is 17.0 Å². The van der Waals surface area contributed by atoms with Gasteiger partial charge in [0.1, 0.15) is 17.4 Å². The predicted octanol–water partition coefficient (Wildman–Crippen LogP) is 6.44. The monoisotopic (exact) mass is 434 g/mol. The largest absolute Gasteiger partial charge is 0.573 e. The fourth-order valence-corrected chi connectivity index (χ4v) is 2.72. The smallest absolute Gasteiger partial charge is 0.406 e. The van der Waals surface area contributed by atoms with Gasteiger partial charge in [-0.15, -0.1) is 13.2 Å². The van der Waals surface area contributed by atoms with Gasteiger partial charge in [-0.3, -0.25) is 0 Å². The second kappa shape index (κ2) is 9.20. The first-order valence-corrected chi connectivity index (χ1v) is 9.68. The van der Waals surface area contributed by atoms with Crippen LogP contribution in [0, 0.1) is 12.7 Å². The lowest BCUT2D eigenvalue weighted by atomic mass is 10.1. The van der Waals surface area contributed by atoms with Gasteiger partial charge in [0.2, 0.25) is 5.95 Å². The van der Waals surface area contributed by atoms with Crippen LogP contribution < -0.4 is 15.4 Å². The van der Waals surface area contributed by atoms with Crippen LogP contribution in [0.1, 0.15) is 25.8 Å². The molecule has 2 N–H and O–H groups in total. The molecule has 31 heavy (non-hydrogen) atoms. The van der Waals surface area contributed by atoms with Crippen molar-refractivity contribution in [2.75, 3.05) is 10.6 Å². The Morgan fingerprint density at radius 2 is 1.84 bits per heavy atom. The van der Waals surface area contributed by atoms with E-state index in [0.29, 0.717) is 34.3 Å². The van der Waals surface area contributed by atoms with E-state index in [0.717, 1.165) is 6.42 Å². The first-order valence-electron chi connectivity index (χ1n) is 9.68. The molecule has 0 radical (unpaired) electrons. The third-order valence-corrected chi connectivity index (χ3v) is 4.52. The van der Waals surface area contributed by atoms with Gasteiger partial charge in [-0.1, -0.05) is 25.1 Å². The minimum atomic E-state index is -4.80. The van der Waals surface area contributed by atoms with Crippen LogP contribution >= 0.6 is 0 Å². The molecule has 0 aliphatic carbocycles. The highest BCUT2D eigenvalue weighted by Gasteiger charge is 2.31. The number of benzene rings is 2. The minimum Gasteiger partial charge on any atom is -0.406 e. The van der Waals surface area contributed by atoms with E-state index in [1.54, 1.807) is 31.2 Å². The van der Waals surface area contributed by atoms with Gasteiger partial charge in [-0.25, -0.2) is 9.37 Å². The Labute approximate surface area is 177 Å². The molecule has 0 unspecified atom stereocenters. The third kappa shape index (κ3) is 6.31. The van der Waals surface area contributed by atoms with Crippen LogP contribution in [0.15, 0.2) is 48.5 Å². The lowest BCUT2D eigenvalue weighted by Gasteiger charge is -2.15. The van der Waals surface area contributed by atoms with Crippen LogP contribution in [0.4, 0.5) is 35.0 Å². The minimum absolute atomic E-state index is 0.0693. The standard InChI is InChI=1S/C22H22F4N4O/c1-4-14(3)27-21-29-19(15-6-5-7-17(10-15)31-22(24,25)26)12-20(30-21)28-16-9-8-13(2)18(23)11-16/h5-12,14H,4H2,1-3H3,(H2,27,28,29,30)/t14-/m1/s1. The van der Waals surface area contributed by atoms with Crippen molar-refractivity contribution >= 4 is 17.5 Å². The highest BCUT2D eigenvalue weighted by Crippen LogP contribution is 2.29. The SMILES string of the molecule is CC[C@@H](C)Nc1nc(Nc2ccc(C)c(F)c2)cc(-c2cccc(OC(F)(F)F)c2)n1. The Bertz CT molecular complexity index is 1060. The first kappa shape index (κ1) is 22.3. The van der Waals surface area contributed by atoms with E-state index in [1.807, 2.05) is 13.8 Å². The number of alkyl halides is 3. The summed E-state index contributed by atoms with van der Waals surface area (Å²) in [5.74, 6) is -0.0605. The highest BCUT2D eigenvalue weighted by molar-refractivity contribution is 5.68. The zero-order chi connectivity index (χ0) is 22.6. The van der Waals surface area contributed by atoms with Gasteiger partial charge in [0.25, 0.3) is 0 Å². The van der Waals surface area contributed by atoms with Crippen LogP contribution in [0.2, 0.25) is 0 Å². The summed E-state index contributed by atoms with van der Waals surface area (Å²) in [5, 5.41) is 6.18. The molecule has 1 aromatic heterocycles. The van der Waals surface area contributed by atoms with Crippen LogP contribution in [-0.4, -0.2) is 22.4 Å². The quantitative estimate of drug-likeness (QED) is 0.419. The zero-order valence-electron chi connectivity index (χ0n) is 17.2. The van der Waals surface area contributed by atoms with Crippen molar-refractivity contribution < 1.29 is 22.3 Å². The van der Waals surface area contributed by atoms with Gasteiger partial charge in [0, 0.05) is 23.4 Å². The van der Waals surface area contributed by atoms with Crippen molar-refractivity contribution in [3.63, 3.8) is 0 Å². The van der Waals surface area contributed by atoms with Crippen molar-refractivity contribution in [2.24, 2.45) is 0 Å². The van der Waals surface area contributed by atoms with Crippen molar-refractivity contribution in [3.05, 3.63) is 59.9 Å². The molecular weight excluding hydrogens is 412 g/mol. The molecular formula is C22H22F4N4O. The van der Waals surface area contributed by atoms with Crippen molar-refractivity contribution in [1.82, 2.24) is 9.97 Å². The fraction of sp³-hybridized carbons (Fsp3) is 0.273. The fourth-order valence-electron chi connectivity index (χ4n) is 2.72. The van der Waals surface area contributed by atoms with E-state index in [9.17, 15) is 17.6 Å². The van der Waals surface area contributed by atoms with Crippen molar-refractivity contribution in [1.29, 1.82) is 0 Å². The van der Waals surface area contributed by atoms with E-state index < -0.39 is 6.36 Å². The van der Waals surface area contributed by atoms with Gasteiger partial charge in [-0.2, -0.15) is 4.98 Å². The molecule has 0 fully saturated rings. The third-order valence-electron chi connectivity index (χ3n) is 4.52. The average molecular weight is 434 g/mol. The maximum atomic E-state index is 13.9. The molecule has 164 valence electrons. The molecule has 1 atom stereocenters. The van der Waals surface area contributed by atoms with Gasteiger partial charge in [0.05, 0.1) is 5.69 Å². The number of nitrogens with zero attached hydrogens (tertiary/aromatic N) is 2. The maximum absolute atomic E-state index is 13.9. The Morgan fingerprint density at radius 1 is 1.06 bits per heavy atom. The second-order valence-electron chi connectivity index (χ2n) is 7.08. The maximum Gasteiger partial charge on any atom is 0.573 e. The summed E-state index contributed by atoms with van der Waals surface area (Å²) < 4.78 is 55.7. The number of hydrogen-bond donors (Lipinski definition) is 2. The molecule has 3 rings (SSSR count). The summed E-state index contributed by atoms with van der Waals surface area (Å²) in [5.41, 5.74) is 1.78. The summed E-state index contributed by atoms with van der Waals surface area (Å²) >= 11 is 0. The molecule has 0 bridgehead atoms. The van der Waals surface area contributed by atoms with Crippen LogP contribution in [-0.2, 0) is 0 Å². The zero-order valence-corrected chi connectivity index (χ0v) is 17.2. The van der Waals surface area contributed by atoms with Gasteiger partial charge in [-0.05, 0) is 50.1 Å². The molecule has 0 saturated heterocycles. The molecule has 3 aromatic rings. The average Bonchev–Trinajstić information content (AvgIpc) is 2.69. The molecule has 0 saturated carbocycles. The number of rotatable bonds is 7. The lowest BCUT2D eigenvalue weighted by Crippen LogP contribution is -2.17. The molecule has 0 aliphatic rings. The van der Waals surface area contributed by atoms with Gasteiger partial charge >= 0.3 is 6.36 Å². The van der Waals surface area contributed by atoms with Crippen LogP contribution in [0.5, 0.6) is 5.75 Å². The van der Waals surface area contributed by atoms with Crippen LogP contribution in [0.25, 0.3) is 11.3 Å².